The lowest BCUT2D eigenvalue weighted by Gasteiger charge is -2.66. The molecule has 132 valence electrons. The molecule has 2 bridgehead atoms. The fourth-order valence-corrected chi connectivity index (χ4v) is 8.01. The van der Waals surface area contributed by atoms with Crippen LogP contribution in [0.3, 0.4) is 0 Å². The van der Waals surface area contributed by atoms with Crippen molar-refractivity contribution >= 4 is 0 Å². The first kappa shape index (κ1) is 16.4. The van der Waals surface area contributed by atoms with Gasteiger partial charge in [-0.25, -0.2) is 0 Å². The van der Waals surface area contributed by atoms with Crippen LogP contribution in [0.2, 0.25) is 0 Å². The normalized spacial score (nSPS) is 61.8. The van der Waals surface area contributed by atoms with Crippen LogP contribution in [-0.4, -0.2) is 33.6 Å². The summed E-state index contributed by atoms with van der Waals surface area (Å²) in [6.07, 6.45) is 8.07. The smallest absolute Gasteiger partial charge is 0.0648 e. The molecule has 4 aliphatic carbocycles. The summed E-state index contributed by atoms with van der Waals surface area (Å²) in [5.41, 5.74) is -0.261. The second-order valence-corrected chi connectivity index (χ2v) is 10.3. The molecule has 3 nitrogen and oxygen atoms in total. The second kappa shape index (κ2) is 4.74. The Morgan fingerprint density at radius 3 is 2.39 bits per heavy atom. The van der Waals surface area contributed by atoms with Crippen LogP contribution in [0.15, 0.2) is 0 Å². The van der Waals surface area contributed by atoms with E-state index in [2.05, 4.69) is 13.8 Å². The van der Waals surface area contributed by atoms with Crippen LogP contribution in [0, 0.1) is 34.0 Å². The highest BCUT2D eigenvalue weighted by Crippen LogP contribution is 2.75. The second-order valence-electron chi connectivity index (χ2n) is 10.3. The van der Waals surface area contributed by atoms with E-state index >= 15 is 0 Å². The third-order valence-electron chi connectivity index (χ3n) is 9.19. The van der Waals surface area contributed by atoms with E-state index in [9.17, 15) is 15.3 Å². The summed E-state index contributed by atoms with van der Waals surface area (Å²) >= 11 is 0. The van der Waals surface area contributed by atoms with Gasteiger partial charge < -0.3 is 15.3 Å². The number of aliphatic hydroxyl groups is 3. The molecule has 4 fully saturated rings. The van der Waals surface area contributed by atoms with Gasteiger partial charge in [0.05, 0.1) is 11.7 Å². The molecule has 0 aromatic heterocycles. The number of hydrogen-bond acceptors (Lipinski definition) is 3. The maximum Gasteiger partial charge on any atom is 0.0648 e. The minimum Gasteiger partial charge on any atom is -0.396 e. The molecule has 1 spiro atoms. The molecule has 0 heterocycles. The highest BCUT2D eigenvalue weighted by Gasteiger charge is 2.69. The van der Waals surface area contributed by atoms with Gasteiger partial charge in [-0.05, 0) is 92.3 Å². The lowest BCUT2D eigenvalue weighted by atomic mass is 9.39. The maximum absolute atomic E-state index is 10.8. The van der Waals surface area contributed by atoms with Crippen LogP contribution < -0.4 is 0 Å². The summed E-state index contributed by atoms with van der Waals surface area (Å²) in [7, 11) is 0. The van der Waals surface area contributed by atoms with Crippen LogP contribution in [-0.2, 0) is 0 Å². The summed E-state index contributed by atoms with van der Waals surface area (Å²) in [5.74, 6) is 1.63. The zero-order valence-electron chi connectivity index (χ0n) is 15.0. The molecule has 0 saturated heterocycles. The predicted octanol–water partition coefficient (Wildman–Crippen LogP) is 3.11. The Morgan fingerprint density at radius 1 is 0.957 bits per heavy atom. The number of aliphatic hydroxyl groups excluding tert-OH is 2. The van der Waals surface area contributed by atoms with Gasteiger partial charge in [0.25, 0.3) is 0 Å². The highest BCUT2D eigenvalue weighted by molar-refractivity contribution is 5.18. The Bertz CT molecular complexity index is 503. The largest absolute Gasteiger partial charge is 0.396 e. The molecule has 4 rings (SSSR count). The van der Waals surface area contributed by atoms with Crippen LogP contribution in [0.25, 0.3) is 0 Å². The van der Waals surface area contributed by atoms with E-state index in [1.807, 2.05) is 6.92 Å². The third-order valence-corrected chi connectivity index (χ3v) is 9.19. The van der Waals surface area contributed by atoms with E-state index < -0.39 is 5.60 Å². The van der Waals surface area contributed by atoms with Crippen molar-refractivity contribution in [3.05, 3.63) is 0 Å². The fraction of sp³-hybridized carbons (Fsp3) is 1.00. The number of rotatable bonds is 1. The molecule has 0 unspecified atom stereocenters. The molecule has 3 heteroatoms. The topological polar surface area (TPSA) is 60.7 Å². The van der Waals surface area contributed by atoms with Gasteiger partial charge in [0.1, 0.15) is 0 Å². The Hall–Kier alpha value is -0.120. The molecule has 23 heavy (non-hydrogen) atoms. The number of hydrogen-bond donors (Lipinski definition) is 3. The molecule has 0 aromatic rings. The minimum absolute atomic E-state index is 0.107. The van der Waals surface area contributed by atoms with Crippen molar-refractivity contribution in [1.82, 2.24) is 0 Å². The molecule has 8 atom stereocenters. The minimum atomic E-state index is -0.498. The first-order valence-electron chi connectivity index (χ1n) is 9.68. The van der Waals surface area contributed by atoms with Crippen molar-refractivity contribution in [2.24, 2.45) is 34.0 Å². The van der Waals surface area contributed by atoms with Gasteiger partial charge in [0.2, 0.25) is 0 Å². The van der Waals surface area contributed by atoms with Gasteiger partial charge in [-0.1, -0.05) is 13.8 Å². The third kappa shape index (κ3) is 1.93. The first-order valence-corrected chi connectivity index (χ1v) is 9.68. The molecular formula is C20H34O3. The van der Waals surface area contributed by atoms with E-state index in [-0.39, 0.29) is 29.0 Å². The van der Waals surface area contributed by atoms with Crippen molar-refractivity contribution in [2.45, 2.75) is 83.8 Å². The standard InChI is InChI=1S/C20H34O3/c1-17(12-21)10-15(22)11-18(2)16(17)5-4-13-8-14-9-20(13,18)7-6-19(14,3)23/h13-16,21-23H,4-12H2,1-3H3/t13-,14-,15-,16-,17+,18-,19-,20+/m0/s1. The van der Waals surface area contributed by atoms with E-state index in [0.29, 0.717) is 17.8 Å². The summed E-state index contributed by atoms with van der Waals surface area (Å²) < 4.78 is 0. The first-order chi connectivity index (χ1) is 10.7. The average Bonchev–Trinajstić information content (AvgIpc) is 2.81. The molecular weight excluding hydrogens is 288 g/mol. The van der Waals surface area contributed by atoms with Crippen molar-refractivity contribution in [3.8, 4) is 0 Å². The lowest BCUT2D eigenvalue weighted by Crippen LogP contribution is -2.61. The molecule has 3 N–H and O–H groups in total. The molecule has 0 amide bonds. The Kier molecular flexibility index (Phi) is 3.37. The molecule has 4 aliphatic rings. The van der Waals surface area contributed by atoms with Crippen molar-refractivity contribution in [3.63, 3.8) is 0 Å². The van der Waals surface area contributed by atoms with Crippen molar-refractivity contribution in [1.29, 1.82) is 0 Å². The molecule has 4 saturated carbocycles. The van der Waals surface area contributed by atoms with Crippen molar-refractivity contribution in [2.75, 3.05) is 6.61 Å². The van der Waals surface area contributed by atoms with Gasteiger partial charge in [-0.15, -0.1) is 0 Å². The quantitative estimate of drug-likeness (QED) is 0.695. The summed E-state index contributed by atoms with van der Waals surface area (Å²) in [5, 5.41) is 31.5. The maximum atomic E-state index is 10.8. The van der Waals surface area contributed by atoms with Crippen LogP contribution >= 0.6 is 0 Å². The summed E-state index contributed by atoms with van der Waals surface area (Å²) in [6.45, 7) is 6.84. The summed E-state index contributed by atoms with van der Waals surface area (Å²) in [4.78, 5) is 0. The van der Waals surface area contributed by atoms with E-state index in [0.717, 1.165) is 32.1 Å². The fourth-order valence-electron chi connectivity index (χ4n) is 8.01. The summed E-state index contributed by atoms with van der Waals surface area (Å²) in [6, 6.07) is 0. The van der Waals surface area contributed by atoms with Crippen LogP contribution in [0.5, 0.6) is 0 Å². The Morgan fingerprint density at radius 2 is 1.70 bits per heavy atom. The Balaban J connectivity index is 1.78. The zero-order chi connectivity index (χ0) is 16.7. The highest BCUT2D eigenvalue weighted by atomic mass is 16.3. The molecule has 0 aromatic carbocycles. The molecule has 0 radical (unpaired) electrons. The van der Waals surface area contributed by atoms with Gasteiger partial charge in [-0.3, -0.25) is 0 Å². The predicted molar refractivity (Wildman–Crippen MR) is 89.8 cm³/mol. The van der Waals surface area contributed by atoms with E-state index in [1.54, 1.807) is 0 Å². The SMILES string of the molecule is C[C@]1(CO)C[C@H](O)C[C@@]2(C)[C@H]1CC[C@H]1C[C@H]3C[C@]12CC[C@]3(C)O. The van der Waals surface area contributed by atoms with Gasteiger partial charge in [0, 0.05) is 6.61 Å². The average molecular weight is 322 g/mol. The van der Waals surface area contributed by atoms with Gasteiger partial charge >= 0.3 is 0 Å². The van der Waals surface area contributed by atoms with E-state index in [1.165, 1.54) is 19.3 Å². The van der Waals surface area contributed by atoms with Crippen LogP contribution in [0.1, 0.15) is 72.1 Å². The van der Waals surface area contributed by atoms with Crippen molar-refractivity contribution < 1.29 is 15.3 Å². The van der Waals surface area contributed by atoms with Gasteiger partial charge in [0.15, 0.2) is 0 Å². The monoisotopic (exact) mass is 322 g/mol. The van der Waals surface area contributed by atoms with Crippen LogP contribution in [0.4, 0.5) is 0 Å². The lowest BCUT2D eigenvalue weighted by molar-refractivity contribution is -0.204. The van der Waals surface area contributed by atoms with Gasteiger partial charge in [-0.2, -0.15) is 0 Å². The molecule has 0 aliphatic heterocycles. The number of fused-ring (bicyclic) bond motifs is 2. The van der Waals surface area contributed by atoms with E-state index in [4.69, 9.17) is 0 Å². The zero-order valence-corrected chi connectivity index (χ0v) is 15.0. The Labute approximate surface area is 140 Å².